The van der Waals surface area contributed by atoms with Gasteiger partial charge in [0.15, 0.2) is 0 Å². The Morgan fingerprint density at radius 3 is 2.74 bits per heavy atom. The van der Waals surface area contributed by atoms with Crippen LogP contribution < -0.4 is 10.1 Å². The summed E-state index contributed by atoms with van der Waals surface area (Å²) < 4.78 is 5.85. The van der Waals surface area contributed by atoms with E-state index in [1.54, 1.807) is 11.3 Å². The molecule has 1 N–H and O–H groups in total. The van der Waals surface area contributed by atoms with Crippen molar-refractivity contribution >= 4 is 11.3 Å². The summed E-state index contributed by atoms with van der Waals surface area (Å²) in [7, 11) is 0. The van der Waals surface area contributed by atoms with Crippen LogP contribution in [0.15, 0.2) is 47.2 Å². The van der Waals surface area contributed by atoms with Gasteiger partial charge in [0.2, 0.25) is 0 Å². The Bertz CT molecular complexity index is 441. The Labute approximate surface area is 119 Å². The summed E-state index contributed by atoms with van der Waals surface area (Å²) in [6.07, 6.45) is 2.17. The number of hydrogen-bond donors (Lipinski definition) is 1. The number of ether oxygens (including phenoxy) is 1. The van der Waals surface area contributed by atoms with Gasteiger partial charge in [0, 0.05) is 6.04 Å². The molecule has 2 nitrogen and oxygen atoms in total. The average Bonchev–Trinajstić information content (AvgIpc) is 2.96. The van der Waals surface area contributed by atoms with Crippen molar-refractivity contribution < 1.29 is 4.74 Å². The summed E-state index contributed by atoms with van der Waals surface area (Å²) in [6.45, 7) is 3.93. The molecule has 0 fully saturated rings. The summed E-state index contributed by atoms with van der Waals surface area (Å²) in [6, 6.07) is 12.6. The number of benzene rings is 1. The highest BCUT2D eigenvalue weighted by Crippen LogP contribution is 2.12. The first kappa shape index (κ1) is 14.1. The molecule has 1 aromatic carbocycles. The minimum atomic E-state index is 0.370. The first-order valence-electron chi connectivity index (χ1n) is 6.80. The highest BCUT2D eigenvalue weighted by atomic mass is 32.1. The second-order valence-electron chi connectivity index (χ2n) is 4.61. The molecule has 19 heavy (non-hydrogen) atoms. The molecular formula is C16H21NOS. The van der Waals surface area contributed by atoms with Gasteiger partial charge >= 0.3 is 0 Å². The number of nitrogens with one attached hydrogen (secondary N) is 1. The molecule has 3 heteroatoms. The van der Waals surface area contributed by atoms with Gasteiger partial charge in [-0.1, -0.05) is 25.1 Å². The summed E-state index contributed by atoms with van der Waals surface area (Å²) in [5.41, 5.74) is 1.38. The van der Waals surface area contributed by atoms with Crippen molar-refractivity contribution in [1.29, 1.82) is 0 Å². The van der Waals surface area contributed by atoms with Crippen LogP contribution in [0.2, 0.25) is 0 Å². The fourth-order valence-corrected chi connectivity index (χ4v) is 2.63. The molecule has 1 atom stereocenters. The summed E-state index contributed by atoms with van der Waals surface area (Å²) in [5, 5.41) is 7.90. The molecule has 0 aliphatic rings. The van der Waals surface area contributed by atoms with Crippen LogP contribution in [-0.4, -0.2) is 19.2 Å². The number of thiophene rings is 1. The van der Waals surface area contributed by atoms with E-state index in [2.05, 4.69) is 29.1 Å². The van der Waals surface area contributed by atoms with E-state index in [9.17, 15) is 0 Å². The van der Waals surface area contributed by atoms with E-state index in [4.69, 9.17) is 4.74 Å². The molecule has 102 valence electrons. The van der Waals surface area contributed by atoms with Crippen LogP contribution in [0, 0.1) is 0 Å². The monoisotopic (exact) mass is 275 g/mol. The second-order valence-corrected chi connectivity index (χ2v) is 5.39. The van der Waals surface area contributed by atoms with E-state index in [1.807, 2.05) is 30.3 Å². The van der Waals surface area contributed by atoms with E-state index in [-0.39, 0.29) is 0 Å². The maximum atomic E-state index is 5.85. The maximum Gasteiger partial charge on any atom is 0.119 e. The van der Waals surface area contributed by atoms with E-state index in [1.165, 1.54) is 5.56 Å². The molecule has 0 amide bonds. The number of para-hydroxylation sites is 1. The second kappa shape index (κ2) is 7.97. The van der Waals surface area contributed by atoms with Gasteiger partial charge in [-0.05, 0) is 53.9 Å². The third kappa shape index (κ3) is 5.05. The van der Waals surface area contributed by atoms with Crippen LogP contribution >= 0.6 is 11.3 Å². The molecule has 0 bridgehead atoms. The van der Waals surface area contributed by atoms with Gasteiger partial charge in [0.05, 0.1) is 0 Å². The third-order valence-electron chi connectivity index (χ3n) is 2.94. The predicted octanol–water partition coefficient (Wildman–Crippen LogP) is 3.74. The average molecular weight is 275 g/mol. The molecule has 1 heterocycles. The zero-order chi connectivity index (χ0) is 13.3. The van der Waals surface area contributed by atoms with Crippen LogP contribution in [0.1, 0.15) is 18.9 Å². The van der Waals surface area contributed by atoms with Crippen LogP contribution in [0.25, 0.3) is 0 Å². The Morgan fingerprint density at radius 1 is 1.21 bits per heavy atom. The smallest absolute Gasteiger partial charge is 0.119 e. The van der Waals surface area contributed by atoms with Crippen molar-refractivity contribution in [3.63, 3.8) is 0 Å². The van der Waals surface area contributed by atoms with Crippen LogP contribution in [0.4, 0.5) is 0 Å². The topological polar surface area (TPSA) is 21.3 Å². The Morgan fingerprint density at radius 2 is 2.05 bits per heavy atom. The predicted molar refractivity (Wildman–Crippen MR) is 82.0 cm³/mol. The lowest BCUT2D eigenvalue weighted by Gasteiger charge is -2.18. The van der Waals surface area contributed by atoms with Crippen molar-refractivity contribution in [3.8, 4) is 5.75 Å². The molecule has 1 unspecified atom stereocenters. The molecule has 0 aliphatic heterocycles. The SMILES string of the molecule is CCCNC(COc1ccccc1)Cc1ccsc1. The molecule has 2 rings (SSSR count). The molecule has 0 radical (unpaired) electrons. The lowest BCUT2D eigenvalue weighted by atomic mass is 10.1. The van der Waals surface area contributed by atoms with E-state index in [0.29, 0.717) is 12.6 Å². The van der Waals surface area contributed by atoms with Gasteiger partial charge in [0.25, 0.3) is 0 Å². The summed E-state index contributed by atoms with van der Waals surface area (Å²) >= 11 is 1.75. The van der Waals surface area contributed by atoms with Crippen LogP contribution in [-0.2, 0) is 6.42 Å². The molecule has 0 spiro atoms. The zero-order valence-electron chi connectivity index (χ0n) is 11.3. The molecule has 1 aromatic heterocycles. The standard InChI is InChI=1S/C16H21NOS/c1-2-9-17-15(11-14-8-10-19-13-14)12-18-16-6-4-3-5-7-16/h3-8,10,13,15,17H,2,9,11-12H2,1H3. The minimum absolute atomic E-state index is 0.370. The Kier molecular flexibility index (Phi) is 5.92. The maximum absolute atomic E-state index is 5.85. The highest BCUT2D eigenvalue weighted by molar-refractivity contribution is 7.07. The first-order valence-corrected chi connectivity index (χ1v) is 7.75. The first-order chi connectivity index (χ1) is 9.38. The molecule has 0 aliphatic carbocycles. The van der Waals surface area contributed by atoms with E-state index in [0.717, 1.165) is 25.1 Å². The highest BCUT2D eigenvalue weighted by Gasteiger charge is 2.10. The van der Waals surface area contributed by atoms with Gasteiger partial charge in [0.1, 0.15) is 12.4 Å². The normalized spacial score (nSPS) is 12.3. The van der Waals surface area contributed by atoms with Gasteiger partial charge in [-0.15, -0.1) is 0 Å². The van der Waals surface area contributed by atoms with Gasteiger partial charge in [-0.25, -0.2) is 0 Å². The number of hydrogen-bond acceptors (Lipinski definition) is 3. The fraction of sp³-hybridized carbons (Fsp3) is 0.375. The molecule has 0 saturated carbocycles. The Hall–Kier alpha value is -1.32. The summed E-state index contributed by atoms with van der Waals surface area (Å²) in [5.74, 6) is 0.941. The molecular weight excluding hydrogens is 254 g/mol. The quantitative estimate of drug-likeness (QED) is 0.792. The van der Waals surface area contributed by atoms with Crippen molar-refractivity contribution in [2.24, 2.45) is 0 Å². The molecule has 2 aromatic rings. The fourth-order valence-electron chi connectivity index (χ4n) is 1.95. The van der Waals surface area contributed by atoms with Crippen molar-refractivity contribution in [3.05, 3.63) is 52.7 Å². The van der Waals surface area contributed by atoms with Crippen LogP contribution in [0.5, 0.6) is 5.75 Å². The van der Waals surface area contributed by atoms with Crippen molar-refractivity contribution in [2.45, 2.75) is 25.8 Å². The zero-order valence-corrected chi connectivity index (χ0v) is 12.2. The van der Waals surface area contributed by atoms with E-state index < -0.39 is 0 Å². The third-order valence-corrected chi connectivity index (χ3v) is 3.67. The minimum Gasteiger partial charge on any atom is -0.492 e. The molecule has 0 saturated heterocycles. The Balaban J connectivity index is 1.86. The van der Waals surface area contributed by atoms with Crippen molar-refractivity contribution in [2.75, 3.05) is 13.2 Å². The lowest BCUT2D eigenvalue weighted by molar-refractivity contribution is 0.263. The summed E-state index contributed by atoms with van der Waals surface area (Å²) in [4.78, 5) is 0. The lowest BCUT2D eigenvalue weighted by Crippen LogP contribution is -2.37. The van der Waals surface area contributed by atoms with Crippen molar-refractivity contribution in [1.82, 2.24) is 5.32 Å². The largest absolute Gasteiger partial charge is 0.492 e. The van der Waals surface area contributed by atoms with Crippen LogP contribution in [0.3, 0.4) is 0 Å². The number of rotatable bonds is 8. The van der Waals surface area contributed by atoms with Gasteiger partial charge in [-0.3, -0.25) is 0 Å². The van der Waals surface area contributed by atoms with Gasteiger partial charge in [-0.2, -0.15) is 11.3 Å². The van der Waals surface area contributed by atoms with E-state index >= 15 is 0 Å². The van der Waals surface area contributed by atoms with Gasteiger partial charge < -0.3 is 10.1 Å².